The summed E-state index contributed by atoms with van der Waals surface area (Å²) in [5.74, 6) is -1.78. The minimum Gasteiger partial charge on any atom is -0.507 e. The number of ether oxygens (including phenoxy) is 1. The van der Waals surface area contributed by atoms with Gasteiger partial charge in [0.1, 0.15) is 23.2 Å². The number of carboxylic acid groups (broad SMARTS) is 1. The number of hydrogen-bond acceptors (Lipinski definition) is 7. The molecule has 0 aliphatic carbocycles. The molecule has 11 heteroatoms. The Bertz CT molecular complexity index is 755. The van der Waals surface area contributed by atoms with E-state index in [0.717, 1.165) is 0 Å². The Labute approximate surface area is 162 Å². The van der Waals surface area contributed by atoms with Crippen molar-refractivity contribution in [1.29, 1.82) is 0 Å². The normalized spacial score (nSPS) is 22.0. The maximum absolute atomic E-state index is 12.4. The Morgan fingerprint density at radius 1 is 1.32 bits per heavy atom. The van der Waals surface area contributed by atoms with E-state index in [4.69, 9.17) is 14.8 Å². The highest BCUT2D eigenvalue weighted by molar-refractivity contribution is 6.41. The van der Waals surface area contributed by atoms with Crippen LogP contribution in [0.1, 0.15) is 22.3 Å². The van der Waals surface area contributed by atoms with E-state index in [1.54, 1.807) is 4.90 Å². The molecule has 2 unspecified atom stereocenters. The highest BCUT2D eigenvalue weighted by atomic mass is 16.5. The summed E-state index contributed by atoms with van der Waals surface area (Å²) in [6.45, 7) is 1.40. The van der Waals surface area contributed by atoms with Crippen LogP contribution in [-0.4, -0.2) is 82.0 Å². The van der Waals surface area contributed by atoms with Crippen molar-refractivity contribution < 1.29 is 40.3 Å². The van der Waals surface area contributed by atoms with Gasteiger partial charge < -0.3 is 35.6 Å². The fraction of sp³-hybridized carbons (Fsp3) is 0.529. The summed E-state index contributed by atoms with van der Waals surface area (Å²) in [5.41, 5.74) is 3.87. The first-order valence-corrected chi connectivity index (χ1v) is 9.22. The number of benzene rings is 1. The molecule has 0 radical (unpaired) electrons. The molecule has 1 aromatic rings. The molecule has 2 aliphatic heterocycles. The number of quaternary nitrogens is 1. The second kappa shape index (κ2) is 8.35. The van der Waals surface area contributed by atoms with Crippen molar-refractivity contribution in [3.05, 3.63) is 23.3 Å². The van der Waals surface area contributed by atoms with Crippen LogP contribution >= 0.6 is 0 Å². The van der Waals surface area contributed by atoms with Gasteiger partial charge in [0.25, 0.3) is 0 Å². The van der Waals surface area contributed by atoms with Crippen molar-refractivity contribution >= 4 is 19.0 Å². The molecule has 1 aromatic carbocycles. The zero-order valence-corrected chi connectivity index (χ0v) is 15.4. The van der Waals surface area contributed by atoms with Crippen LogP contribution in [0, 0.1) is 0 Å². The standard InChI is InChI=1S/C17H24BN3O7/c19-10-5-12(20-6-10)16(23)21-7-11(8-21)28-13-2-1-9(3-4-18(26)27)15(22)14(13)17(24)25/h1-2,10-12,20,22,26-27H,3-8,19H2,(H,24,25)/p+1. The summed E-state index contributed by atoms with van der Waals surface area (Å²) in [5, 5.41) is 40.7. The summed E-state index contributed by atoms with van der Waals surface area (Å²) >= 11 is 0. The van der Waals surface area contributed by atoms with Crippen LogP contribution in [0.5, 0.6) is 11.5 Å². The number of aromatic hydroxyl groups is 1. The van der Waals surface area contributed by atoms with Gasteiger partial charge in [-0.05, 0) is 24.4 Å². The number of aryl methyl sites for hydroxylation is 1. The van der Waals surface area contributed by atoms with Gasteiger partial charge in [0, 0.05) is 13.0 Å². The highest BCUT2D eigenvalue weighted by Gasteiger charge is 2.39. The van der Waals surface area contributed by atoms with Gasteiger partial charge in [-0.3, -0.25) is 10.1 Å². The molecule has 2 saturated heterocycles. The molecule has 0 spiro atoms. The number of aromatic carboxylic acids is 1. The first-order valence-electron chi connectivity index (χ1n) is 9.22. The Balaban J connectivity index is 1.62. The summed E-state index contributed by atoms with van der Waals surface area (Å²) in [7, 11) is -1.55. The molecule has 2 heterocycles. The molecule has 2 aliphatic rings. The van der Waals surface area contributed by atoms with Crippen molar-refractivity contribution in [2.45, 2.75) is 37.3 Å². The number of hydrogen-bond donors (Lipinski definition) is 6. The molecule has 0 bridgehead atoms. The smallest absolute Gasteiger partial charge is 0.451 e. The zero-order chi connectivity index (χ0) is 20.4. The lowest BCUT2D eigenvalue weighted by Crippen LogP contribution is -2.62. The summed E-state index contributed by atoms with van der Waals surface area (Å²) in [4.78, 5) is 25.6. The number of nitrogens with zero attached hydrogens (tertiary/aromatic N) is 1. The predicted octanol–water partition coefficient (Wildman–Crippen LogP) is -2.33. The molecule has 3 rings (SSSR count). The third kappa shape index (κ3) is 4.38. The van der Waals surface area contributed by atoms with Crippen molar-refractivity contribution in [3.8, 4) is 11.5 Å². The first-order chi connectivity index (χ1) is 13.3. The second-order valence-corrected chi connectivity index (χ2v) is 7.32. The molecular formula is C17H25BN3O7+. The lowest BCUT2D eigenvalue weighted by molar-refractivity contribution is -0.413. The van der Waals surface area contributed by atoms with Crippen LogP contribution in [0.2, 0.25) is 6.32 Å². The van der Waals surface area contributed by atoms with Gasteiger partial charge in [0.2, 0.25) is 5.91 Å². The molecule has 2 fully saturated rings. The van der Waals surface area contributed by atoms with Gasteiger partial charge in [-0.25, -0.2) is 4.79 Å². The van der Waals surface area contributed by atoms with Gasteiger partial charge in [0.15, 0.2) is 0 Å². The van der Waals surface area contributed by atoms with Crippen molar-refractivity contribution in [2.24, 2.45) is 0 Å². The fourth-order valence-electron chi connectivity index (χ4n) is 3.50. The Hall–Kier alpha value is -2.34. The summed E-state index contributed by atoms with van der Waals surface area (Å²) in [6, 6.07) is 2.92. The topological polar surface area (TPSA) is 167 Å². The molecule has 152 valence electrons. The number of rotatable bonds is 7. The van der Waals surface area contributed by atoms with E-state index in [1.807, 2.05) is 0 Å². The number of phenols is 1. The molecular weight excluding hydrogens is 369 g/mol. The second-order valence-electron chi connectivity index (χ2n) is 7.32. The fourth-order valence-corrected chi connectivity index (χ4v) is 3.50. The molecule has 8 N–H and O–H groups in total. The average molecular weight is 394 g/mol. The van der Waals surface area contributed by atoms with Gasteiger partial charge in [0.05, 0.1) is 25.2 Å². The lowest BCUT2D eigenvalue weighted by atomic mass is 9.82. The number of amides is 1. The predicted molar refractivity (Wildman–Crippen MR) is 97.8 cm³/mol. The lowest BCUT2D eigenvalue weighted by Gasteiger charge is -2.40. The van der Waals surface area contributed by atoms with Crippen molar-refractivity contribution in [3.63, 3.8) is 0 Å². The third-order valence-electron chi connectivity index (χ3n) is 5.08. The molecule has 0 aromatic heterocycles. The summed E-state index contributed by atoms with van der Waals surface area (Å²) < 4.78 is 5.70. The van der Waals surface area contributed by atoms with E-state index in [9.17, 15) is 19.8 Å². The number of carbonyl (C=O) groups excluding carboxylic acids is 1. The van der Waals surface area contributed by atoms with Gasteiger partial charge in [-0.15, -0.1) is 0 Å². The molecule has 1 amide bonds. The maximum Gasteiger partial charge on any atom is 0.451 e. The number of carboxylic acids is 1. The largest absolute Gasteiger partial charge is 0.507 e. The van der Waals surface area contributed by atoms with Crippen LogP contribution in [0.3, 0.4) is 0 Å². The monoisotopic (exact) mass is 394 g/mol. The van der Waals surface area contributed by atoms with Crippen LogP contribution in [0.4, 0.5) is 0 Å². The van der Waals surface area contributed by atoms with E-state index < -0.39 is 18.8 Å². The number of nitrogens with one attached hydrogen (secondary N) is 1. The zero-order valence-electron chi connectivity index (χ0n) is 15.4. The minimum absolute atomic E-state index is 0.00906. The maximum atomic E-state index is 12.4. The third-order valence-corrected chi connectivity index (χ3v) is 5.08. The van der Waals surface area contributed by atoms with E-state index in [-0.39, 0.29) is 48.1 Å². The molecule has 28 heavy (non-hydrogen) atoms. The van der Waals surface area contributed by atoms with Crippen LogP contribution < -0.4 is 15.8 Å². The molecule has 10 nitrogen and oxygen atoms in total. The van der Waals surface area contributed by atoms with Gasteiger partial charge in [-0.1, -0.05) is 6.07 Å². The molecule has 0 saturated carbocycles. The van der Waals surface area contributed by atoms with Crippen molar-refractivity contribution in [2.75, 3.05) is 19.6 Å². The Kier molecular flexibility index (Phi) is 6.09. The quantitative estimate of drug-likeness (QED) is 0.280. The van der Waals surface area contributed by atoms with Crippen LogP contribution in [0.15, 0.2) is 12.1 Å². The SMILES string of the molecule is [NH3+]C1CNC(C(=O)N2CC(Oc3ccc(CCB(O)O)c(O)c3C(=O)O)C2)C1. The van der Waals surface area contributed by atoms with E-state index in [1.165, 1.54) is 12.1 Å². The minimum atomic E-state index is -1.55. The number of carbonyl (C=O) groups is 2. The highest BCUT2D eigenvalue weighted by Crippen LogP contribution is 2.34. The molecule has 2 atom stereocenters. The first kappa shape index (κ1) is 20.4. The van der Waals surface area contributed by atoms with Crippen LogP contribution in [0.25, 0.3) is 0 Å². The summed E-state index contributed by atoms with van der Waals surface area (Å²) in [6.07, 6.45) is 0.415. The van der Waals surface area contributed by atoms with Gasteiger partial charge in [-0.2, -0.15) is 0 Å². The Morgan fingerprint density at radius 3 is 2.61 bits per heavy atom. The average Bonchev–Trinajstić information content (AvgIpc) is 3.02. The van der Waals surface area contributed by atoms with Crippen LogP contribution in [-0.2, 0) is 11.2 Å². The van der Waals surface area contributed by atoms with E-state index in [2.05, 4.69) is 11.1 Å². The Morgan fingerprint density at radius 2 is 2.04 bits per heavy atom. The van der Waals surface area contributed by atoms with E-state index >= 15 is 0 Å². The van der Waals surface area contributed by atoms with Gasteiger partial charge >= 0.3 is 13.1 Å². The van der Waals surface area contributed by atoms with E-state index in [0.29, 0.717) is 31.6 Å². The number of likely N-dealkylation sites (tertiary alicyclic amines) is 1. The van der Waals surface area contributed by atoms with Crippen molar-refractivity contribution in [1.82, 2.24) is 10.2 Å².